The second kappa shape index (κ2) is 8.33. The molecule has 1 aliphatic carbocycles. The summed E-state index contributed by atoms with van der Waals surface area (Å²) in [7, 11) is -3.47. The molecule has 29 heavy (non-hydrogen) atoms. The Balaban J connectivity index is 1.71. The first kappa shape index (κ1) is 20.2. The molecule has 4 nitrogen and oxygen atoms in total. The van der Waals surface area contributed by atoms with E-state index in [1.54, 1.807) is 10.4 Å². The Kier molecular flexibility index (Phi) is 5.79. The molecule has 3 atom stereocenters. The Morgan fingerprint density at radius 2 is 1.76 bits per heavy atom. The van der Waals surface area contributed by atoms with Crippen LogP contribution in [0, 0.1) is 5.92 Å². The molecule has 0 saturated carbocycles. The topological polar surface area (TPSA) is 49.4 Å². The number of fused-ring (bicyclic) bond motifs is 3. The fourth-order valence-electron chi connectivity index (χ4n) is 4.72. The Hall–Kier alpha value is -2.11. The van der Waals surface area contributed by atoms with Gasteiger partial charge in [-0.25, -0.2) is 8.42 Å². The van der Waals surface area contributed by atoms with Crippen LogP contribution in [0.25, 0.3) is 0 Å². The van der Waals surface area contributed by atoms with Gasteiger partial charge in [-0.1, -0.05) is 56.3 Å². The molecule has 1 aliphatic heterocycles. The Labute approximate surface area is 174 Å². The van der Waals surface area contributed by atoms with Crippen molar-refractivity contribution in [3.8, 4) is 0 Å². The van der Waals surface area contributed by atoms with E-state index in [1.807, 2.05) is 32.0 Å². The zero-order valence-corrected chi connectivity index (χ0v) is 18.0. The van der Waals surface area contributed by atoms with Crippen LogP contribution in [-0.2, 0) is 10.0 Å². The summed E-state index contributed by atoms with van der Waals surface area (Å²) in [5.41, 5.74) is 3.43. The van der Waals surface area contributed by atoms with Crippen molar-refractivity contribution < 1.29 is 8.42 Å². The number of hydrogen-bond donors (Lipinski definition) is 1. The van der Waals surface area contributed by atoms with Gasteiger partial charge in [0.2, 0.25) is 10.0 Å². The lowest BCUT2D eigenvalue weighted by atomic mass is 9.77. The summed E-state index contributed by atoms with van der Waals surface area (Å²) in [6.07, 6.45) is 7.14. The lowest BCUT2D eigenvalue weighted by molar-refractivity contribution is 0.409. The number of hydrogen-bond acceptors (Lipinski definition) is 3. The average molecular weight is 411 g/mol. The highest BCUT2D eigenvalue weighted by Crippen LogP contribution is 2.50. The highest BCUT2D eigenvalue weighted by atomic mass is 32.2. The van der Waals surface area contributed by atoms with E-state index in [0.29, 0.717) is 23.9 Å². The monoisotopic (exact) mass is 410 g/mol. The average Bonchev–Trinajstić information content (AvgIpc) is 3.23. The van der Waals surface area contributed by atoms with E-state index >= 15 is 0 Å². The summed E-state index contributed by atoms with van der Waals surface area (Å²) >= 11 is 0. The Morgan fingerprint density at radius 3 is 2.45 bits per heavy atom. The van der Waals surface area contributed by atoms with Crippen molar-refractivity contribution in [2.45, 2.75) is 50.0 Å². The van der Waals surface area contributed by atoms with Crippen molar-refractivity contribution in [1.82, 2.24) is 4.31 Å². The van der Waals surface area contributed by atoms with E-state index in [9.17, 15) is 8.42 Å². The summed E-state index contributed by atoms with van der Waals surface area (Å²) in [6, 6.07) is 16.4. The minimum absolute atomic E-state index is 0.239. The van der Waals surface area contributed by atoms with Gasteiger partial charge in [-0.3, -0.25) is 0 Å². The molecule has 5 heteroatoms. The molecule has 0 saturated heterocycles. The second-order valence-electron chi connectivity index (χ2n) is 8.04. The molecule has 154 valence electrons. The van der Waals surface area contributed by atoms with Gasteiger partial charge in [-0.05, 0) is 54.5 Å². The number of rotatable bonds is 7. The molecule has 3 unspecified atom stereocenters. The Morgan fingerprint density at radius 1 is 1.03 bits per heavy atom. The van der Waals surface area contributed by atoms with E-state index in [4.69, 9.17) is 0 Å². The quantitative estimate of drug-likeness (QED) is 0.628. The van der Waals surface area contributed by atoms with E-state index in [0.717, 1.165) is 30.5 Å². The van der Waals surface area contributed by atoms with Crippen LogP contribution in [0.3, 0.4) is 0 Å². The maximum absolute atomic E-state index is 13.3. The third-order valence-electron chi connectivity index (χ3n) is 6.08. The fourth-order valence-corrected chi connectivity index (χ4v) is 6.38. The molecule has 0 bridgehead atoms. The summed E-state index contributed by atoms with van der Waals surface area (Å²) in [4.78, 5) is 0.414. The van der Waals surface area contributed by atoms with E-state index < -0.39 is 10.0 Å². The maximum atomic E-state index is 13.3. The van der Waals surface area contributed by atoms with Gasteiger partial charge in [0.05, 0.1) is 10.9 Å². The van der Waals surface area contributed by atoms with Gasteiger partial charge in [0.1, 0.15) is 0 Å². The van der Waals surface area contributed by atoms with Gasteiger partial charge in [0.25, 0.3) is 0 Å². The molecule has 0 amide bonds. The maximum Gasteiger partial charge on any atom is 0.243 e. The lowest BCUT2D eigenvalue weighted by Crippen LogP contribution is -2.33. The van der Waals surface area contributed by atoms with Gasteiger partial charge >= 0.3 is 0 Å². The molecule has 2 aromatic rings. The third-order valence-corrected chi connectivity index (χ3v) is 7.97. The highest BCUT2D eigenvalue weighted by Gasteiger charge is 2.38. The van der Waals surface area contributed by atoms with Crippen molar-refractivity contribution in [2.75, 3.05) is 18.4 Å². The van der Waals surface area contributed by atoms with Gasteiger partial charge in [-0.15, -0.1) is 0 Å². The summed E-state index contributed by atoms with van der Waals surface area (Å²) in [5, 5.41) is 3.69. The number of anilines is 1. The van der Waals surface area contributed by atoms with Gasteiger partial charge in [0, 0.05) is 24.7 Å². The molecule has 0 radical (unpaired) electrons. The van der Waals surface area contributed by atoms with Gasteiger partial charge < -0.3 is 5.32 Å². The van der Waals surface area contributed by atoms with Crippen LogP contribution in [0.4, 0.5) is 5.69 Å². The van der Waals surface area contributed by atoms with Crippen molar-refractivity contribution in [3.63, 3.8) is 0 Å². The molecular formula is C24H30N2O2S. The van der Waals surface area contributed by atoms with Gasteiger partial charge in [0.15, 0.2) is 0 Å². The van der Waals surface area contributed by atoms with E-state index in [-0.39, 0.29) is 12.0 Å². The largest absolute Gasteiger partial charge is 0.378 e. The normalized spacial score (nSPS) is 22.9. The minimum atomic E-state index is -3.47. The lowest BCUT2D eigenvalue weighted by Gasteiger charge is -2.38. The highest BCUT2D eigenvalue weighted by molar-refractivity contribution is 7.89. The molecule has 1 N–H and O–H groups in total. The van der Waals surface area contributed by atoms with Crippen LogP contribution in [0.2, 0.25) is 0 Å². The minimum Gasteiger partial charge on any atom is -0.378 e. The van der Waals surface area contributed by atoms with Gasteiger partial charge in [-0.2, -0.15) is 4.31 Å². The molecular weight excluding hydrogens is 380 g/mol. The van der Waals surface area contributed by atoms with Crippen LogP contribution in [0.15, 0.2) is 65.6 Å². The fraction of sp³-hybridized carbons (Fsp3) is 0.417. The molecule has 0 aromatic heterocycles. The SMILES string of the molecule is CCCN(CCC)S(=O)(=O)c1ccc2c(c1)C1C=CCC1C(c1ccccc1)N2. The van der Waals surface area contributed by atoms with Crippen LogP contribution >= 0.6 is 0 Å². The molecule has 2 aliphatic rings. The van der Waals surface area contributed by atoms with Crippen LogP contribution < -0.4 is 5.32 Å². The number of benzene rings is 2. The zero-order chi connectivity index (χ0) is 20.4. The second-order valence-corrected chi connectivity index (χ2v) is 9.98. The molecule has 0 fully saturated rings. The van der Waals surface area contributed by atoms with Crippen LogP contribution in [0.5, 0.6) is 0 Å². The van der Waals surface area contributed by atoms with Crippen molar-refractivity contribution in [3.05, 3.63) is 71.8 Å². The van der Waals surface area contributed by atoms with E-state index in [2.05, 4.69) is 41.7 Å². The predicted molar refractivity (Wildman–Crippen MR) is 119 cm³/mol. The summed E-state index contributed by atoms with van der Waals surface area (Å²) in [6.45, 7) is 5.17. The summed E-state index contributed by atoms with van der Waals surface area (Å²) in [5.74, 6) is 0.655. The smallest absolute Gasteiger partial charge is 0.243 e. The number of sulfonamides is 1. The molecule has 0 spiro atoms. The molecule has 1 heterocycles. The van der Waals surface area contributed by atoms with Crippen LogP contribution in [-0.4, -0.2) is 25.8 Å². The standard InChI is InChI=1S/C24H30N2O2S/c1-3-15-26(16-4-2)29(27,28)19-13-14-23-22(17-19)20-11-8-12-21(20)24(25-23)18-9-6-5-7-10-18/h5-11,13-14,17,20-21,24-25H,3-4,12,15-16H2,1-2H3. The van der Waals surface area contributed by atoms with E-state index in [1.165, 1.54) is 5.56 Å². The Bertz CT molecular complexity index is 979. The molecule has 2 aromatic carbocycles. The first-order valence-corrected chi connectivity index (χ1v) is 12.1. The predicted octanol–water partition coefficient (Wildman–Crippen LogP) is 5.32. The third kappa shape index (κ3) is 3.74. The first-order valence-electron chi connectivity index (χ1n) is 10.7. The van der Waals surface area contributed by atoms with Crippen molar-refractivity contribution in [2.24, 2.45) is 5.92 Å². The molecule has 4 rings (SSSR count). The summed E-state index contributed by atoms with van der Waals surface area (Å²) < 4.78 is 28.2. The van der Waals surface area contributed by atoms with Crippen LogP contribution in [0.1, 0.15) is 56.2 Å². The van der Waals surface area contributed by atoms with Crippen molar-refractivity contribution >= 4 is 15.7 Å². The zero-order valence-electron chi connectivity index (χ0n) is 17.2. The number of nitrogens with one attached hydrogen (secondary N) is 1. The first-order chi connectivity index (χ1) is 14.1. The number of allylic oxidation sites excluding steroid dienone is 2. The number of nitrogens with zero attached hydrogens (tertiary/aromatic N) is 1. The van der Waals surface area contributed by atoms with Crippen molar-refractivity contribution in [1.29, 1.82) is 0 Å².